The number of rotatable bonds is 4. The normalized spacial score (nSPS) is 14.5. The second-order valence-electron chi connectivity index (χ2n) is 6.03. The van der Waals surface area contributed by atoms with Crippen LogP contribution in [0, 0.1) is 11.3 Å². The van der Waals surface area contributed by atoms with Crippen LogP contribution >= 0.6 is 0 Å². The van der Waals surface area contributed by atoms with Gasteiger partial charge >= 0.3 is 0 Å². The van der Waals surface area contributed by atoms with Crippen LogP contribution in [0.1, 0.15) is 35.2 Å². The molecule has 0 aliphatic carbocycles. The lowest BCUT2D eigenvalue weighted by Crippen LogP contribution is -2.36. The topological polar surface area (TPSA) is 103 Å². The second-order valence-corrected chi connectivity index (χ2v) is 7.68. The second kappa shape index (κ2) is 7.54. The fourth-order valence-corrected chi connectivity index (χ4v) is 4.15. The molecule has 1 N–H and O–H groups in total. The highest BCUT2D eigenvalue weighted by molar-refractivity contribution is 7.92. The molecule has 134 valence electrons. The van der Waals surface area contributed by atoms with Crippen molar-refractivity contribution in [2.24, 2.45) is 0 Å². The van der Waals surface area contributed by atoms with Gasteiger partial charge in [-0.15, -0.1) is 0 Å². The molecular formula is C18H18N4O3S. The summed E-state index contributed by atoms with van der Waals surface area (Å²) in [6.45, 7) is 1.27. The molecule has 2 heterocycles. The minimum atomic E-state index is -4.00. The van der Waals surface area contributed by atoms with Crippen LogP contribution in [-0.4, -0.2) is 37.3 Å². The van der Waals surface area contributed by atoms with E-state index >= 15 is 0 Å². The molecule has 1 amide bonds. The van der Waals surface area contributed by atoms with Crippen LogP contribution in [0.25, 0.3) is 0 Å². The Hall–Kier alpha value is -2.92. The van der Waals surface area contributed by atoms with E-state index in [-0.39, 0.29) is 27.6 Å². The van der Waals surface area contributed by atoms with Crippen LogP contribution in [0.15, 0.2) is 47.6 Å². The van der Waals surface area contributed by atoms with Gasteiger partial charge in [0.15, 0.2) is 0 Å². The first-order valence-electron chi connectivity index (χ1n) is 8.27. The van der Waals surface area contributed by atoms with Gasteiger partial charge in [0.1, 0.15) is 11.0 Å². The Morgan fingerprint density at radius 1 is 1.15 bits per heavy atom. The summed E-state index contributed by atoms with van der Waals surface area (Å²) >= 11 is 0. The molecule has 0 bridgehead atoms. The van der Waals surface area contributed by atoms with E-state index in [1.165, 1.54) is 30.6 Å². The molecule has 1 aliphatic heterocycles. The van der Waals surface area contributed by atoms with Crippen molar-refractivity contribution in [2.45, 2.75) is 24.2 Å². The largest absolute Gasteiger partial charge is 0.339 e. The van der Waals surface area contributed by atoms with Crippen LogP contribution in [-0.2, 0) is 10.0 Å². The maximum Gasteiger partial charge on any atom is 0.262 e. The summed E-state index contributed by atoms with van der Waals surface area (Å²) in [4.78, 5) is 18.2. The van der Waals surface area contributed by atoms with Crippen molar-refractivity contribution in [3.05, 3.63) is 53.9 Å². The molecule has 26 heavy (non-hydrogen) atoms. The quantitative estimate of drug-likeness (QED) is 0.890. The lowest BCUT2D eigenvalue weighted by Gasteiger charge is -2.27. The summed E-state index contributed by atoms with van der Waals surface area (Å²) < 4.78 is 28.0. The van der Waals surface area contributed by atoms with Crippen molar-refractivity contribution in [3.63, 3.8) is 0 Å². The number of piperidine rings is 1. The molecule has 1 aromatic heterocycles. The van der Waals surface area contributed by atoms with Crippen molar-refractivity contribution >= 4 is 21.6 Å². The predicted octanol–water partition coefficient (Wildman–Crippen LogP) is 2.38. The molecule has 1 aromatic carbocycles. The van der Waals surface area contributed by atoms with Crippen LogP contribution in [0.2, 0.25) is 0 Å². The fraction of sp³-hybridized carbons (Fsp3) is 0.278. The number of hydrogen-bond donors (Lipinski definition) is 1. The van der Waals surface area contributed by atoms with Gasteiger partial charge in [0, 0.05) is 19.3 Å². The van der Waals surface area contributed by atoms with Crippen LogP contribution in [0.5, 0.6) is 0 Å². The summed E-state index contributed by atoms with van der Waals surface area (Å²) in [7, 11) is -4.00. The van der Waals surface area contributed by atoms with Crippen molar-refractivity contribution in [1.82, 2.24) is 9.88 Å². The Labute approximate surface area is 152 Å². The highest BCUT2D eigenvalue weighted by atomic mass is 32.2. The zero-order valence-electron chi connectivity index (χ0n) is 14.1. The summed E-state index contributed by atoms with van der Waals surface area (Å²) in [6.07, 6.45) is 5.57. The summed E-state index contributed by atoms with van der Waals surface area (Å²) in [5.41, 5.74) is 0.554. The number of pyridine rings is 1. The third-order valence-electron chi connectivity index (χ3n) is 4.17. The standard InChI is InChI=1S/C18H18N4O3S/c19-11-14-10-15(13-20-12-14)21-26(24,25)17-7-3-2-6-16(17)18(23)22-8-4-1-5-9-22/h2-3,6-7,10,12-13,21H,1,4-5,8-9H2. The number of amides is 1. The molecule has 2 aromatic rings. The van der Waals surface area contributed by atoms with E-state index in [0.29, 0.717) is 13.1 Å². The Bertz CT molecular complexity index is 960. The van der Waals surface area contributed by atoms with Crippen molar-refractivity contribution in [3.8, 4) is 6.07 Å². The zero-order valence-corrected chi connectivity index (χ0v) is 14.9. The number of aromatic nitrogens is 1. The SMILES string of the molecule is N#Cc1cncc(NS(=O)(=O)c2ccccc2C(=O)N2CCCCC2)c1. The average molecular weight is 370 g/mol. The van der Waals surface area contributed by atoms with Crippen LogP contribution in [0.3, 0.4) is 0 Å². The third-order valence-corrected chi connectivity index (χ3v) is 5.61. The molecule has 0 saturated carbocycles. The Kier molecular flexibility index (Phi) is 5.19. The van der Waals surface area contributed by atoms with Crippen molar-refractivity contribution in [1.29, 1.82) is 5.26 Å². The van der Waals surface area contributed by atoms with Gasteiger partial charge in [0.05, 0.1) is 23.0 Å². The lowest BCUT2D eigenvalue weighted by molar-refractivity contribution is 0.0720. The minimum Gasteiger partial charge on any atom is -0.339 e. The summed E-state index contributed by atoms with van der Waals surface area (Å²) in [5.74, 6) is -0.283. The van der Waals surface area contributed by atoms with Crippen molar-refractivity contribution in [2.75, 3.05) is 17.8 Å². The van der Waals surface area contributed by atoms with E-state index in [1.54, 1.807) is 17.0 Å². The van der Waals surface area contributed by atoms with Gasteiger partial charge in [0.2, 0.25) is 0 Å². The summed E-state index contributed by atoms with van der Waals surface area (Å²) in [5, 5.41) is 8.92. The van der Waals surface area contributed by atoms with Gasteiger partial charge in [-0.05, 0) is 37.5 Å². The highest BCUT2D eigenvalue weighted by Gasteiger charge is 2.26. The number of benzene rings is 1. The van der Waals surface area contributed by atoms with Gasteiger partial charge in [-0.1, -0.05) is 12.1 Å². The Morgan fingerprint density at radius 2 is 1.88 bits per heavy atom. The number of likely N-dealkylation sites (tertiary alicyclic amines) is 1. The van der Waals surface area contributed by atoms with E-state index < -0.39 is 10.0 Å². The van der Waals surface area contributed by atoms with Gasteiger partial charge in [-0.3, -0.25) is 14.5 Å². The van der Waals surface area contributed by atoms with Gasteiger partial charge in [-0.2, -0.15) is 5.26 Å². The predicted molar refractivity (Wildman–Crippen MR) is 96.0 cm³/mol. The maximum atomic E-state index is 12.8. The molecule has 0 atom stereocenters. The van der Waals surface area contributed by atoms with E-state index in [4.69, 9.17) is 5.26 Å². The molecule has 1 aliphatic rings. The van der Waals surface area contributed by atoms with Crippen molar-refractivity contribution < 1.29 is 13.2 Å². The molecular weight excluding hydrogens is 352 g/mol. The highest BCUT2D eigenvalue weighted by Crippen LogP contribution is 2.22. The molecule has 8 heteroatoms. The molecule has 0 unspecified atom stereocenters. The van der Waals surface area contributed by atoms with E-state index in [1.807, 2.05) is 6.07 Å². The molecule has 0 radical (unpaired) electrons. The van der Waals surface area contributed by atoms with E-state index in [2.05, 4.69) is 9.71 Å². The van der Waals surface area contributed by atoms with Crippen LogP contribution < -0.4 is 4.72 Å². The number of carbonyl (C=O) groups is 1. The Morgan fingerprint density at radius 3 is 2.62 bits per heavy atom. The first-order valence-corrected chi connectivity index (χ1v) is 9.76. The lowest BCUT2D eigenvalue weighted by atomic mass is 10.1. The molecule has 1 saturated heterocycles. The molecule has 0 spiro atoms. The third kappa shape index (κ3) is 3.83. The minimum absolute atomic E-state index is 0.0852. The summed E-state index contributed by atoms with van der Waals surface area (Å²) in [6, 6.07) is 9.44. The number of sulfonamides is 1. The number of nitrogens with one attached hydrogen (secondary N) is 1. The maximum absolute atomic E-state index is 12.8. The van der Waals surface area contributed by atoms with Gasteiger partial charge in [0.25, 0.3) is 15.9 Å². The van der Waals surface area contributed by atoms with Gasteiger partial charge < -0.3 is 4.90 Å². The number of nitrogens with zero attached hydrogens (tertiary/aromatic N) is 3. The monoisotopic (exact) mass is 370 g/mol. The number of carbonyl (C=O) groups excluding carboxylic acids is 1. The first kappa shape index (κ1) is 17.9. The zero-order chi connectivity index (χ0) is 18.6. The molecule has 3 rings (SSSR count). The molecule has 7 nitrogen and oxygen atoms in total. The fourth-order valence-electron chi connectivity index (χ4n) is 2.91. The van der Waals surface area contributed by atoms with Gasteiger partial charge in [-0.25, -0.2) is 8.42 Å². The van der Waals surface area contributed by atoms with Crippen LogP contribution in [0.4, 0.5) is 5.69 Å². The average Bonchev–Trinajstić information content (AvgIpc) is 2.68. The first-order chi connectivity index (χ1) is 12.5. The van der Waals surface area contributed by atoms with E-state index in [0.717, 1.165) is 19.3 Å². The Balaban J connectivity index is 1.92. The smallest absolute Gasteiger partial charge is 0.262 e. The number of nitriles is 1. The number of anilines is 1. The molecule has 1 fully saturated rings. The number of hydrogen-bond acceptors (Lipinski definition) is 5. The van der Waals surface area contributed by atoms with E-state index in [9.17, 15) is 13.2 Å².